The molecule has 0 aromatic carbocycles. The fourth-order valence-corrected chi connectivity index (χ4v) is 4.56. The van der Waals surface area contributed by atoms with Gasteiger partial charge < -0.3 is 66.0 Å². The van der Waals surface area contributed by atoms with Crippen LogP contribution in [0.1, 0.15) is 52.9 Å². The summed E-state index contributed by atoms with van der Waals surface area (Å²) >= 11 is 0. The molecule has 0 radical (unpaired) electrons. The minimum Gasteiger partial charge on any atom is -0.481 e. The zero-order valence-electron chi connectivity index (χ0n) is 32.7. The van der Waals surface area contributed by atoms with E-state index in [2.05, 4.69) is 37.8 Å². The van der Waals surface area contributed by atoms with Crippen LogP contribution in [-0.4, -0.2) is 170 Å². The number of carboxylic acids is 4. The molecule has 0 aromatic heterocycles. The number of aliphatic carboxylic acids is 4. The molecule has 0 heterocycles. The maximum Gasteiger partial charge on any atom is 0.305 e. The first kappa shape index (κ1) is 52.6. The van der Waals surface area contributed by atoms with Crippen LogP contribution in [-0.2, 0) is 62.1 Å². The lowest BCUT2D eigenvalue weighted by molar-refractivity contribution is -0.142. The molecule has 0 aromatic rings. The van der Waals surface area contributed by atoms with E-state index in [1.165, 1.54) is 20.8 Å². The van der Waals surface area contributed by atoms with Crippen LogP contribution in [0.25, 0.3) is 0 Å². The quantitative estimate of drug-likeness (QED) is 0.0224. The lowest BCUT2D eigenvalue weighted by Gasteiger charge is -2.28. The number of rotatable bonds is 34. The third-order valence-electron chi connectivity index (χ3n) is 7.56. The number of terminal acetylenes is 1. The smallest absolute Gasteiger partial charge is 0.305 e. The monoisotopic (exact) mass is 832 g/mol. The predicted octanol–water partition coefficient (Wildman–Crippen LogP) is -3.34. The van der Waals surface area contributed by atoms with Gasteiger partial charge in [0.2, 0.25) is 29.5 Å². The number of hydrogen-bond acceptors (Lipinski definition) is 14. The number of amides is 5. The van der Waals surface area contributed by atoms with Gasteiger partial charge in [-0.15, -0.1) is 6.42 Å². The van der Waals surface area contributed by atoms with E-state index in [0.29, 0.717) is 0 Å². The highest BCUT2D eigenvalue weighted by Crippen LogP contribution is 2.08. The van der Waals surface area contributed by atoms with Crippen LogP contribution in [0.5, 0.6) is 0 Å². The SMILES string of the molecule is C#CCN[C@@H](CC(=O)O)C(=O)N[C@@H](CCC(=O)O)C(=O)N[C@H](C(=O)N[C@@H](CC(=O)O)C(=O)N[C@@H](C)C(=O)NCCOCCOCCOCCOCCC(=O)O)C(C)C. The maximum atomic E-state index is 13.4. The van der Waals surface area contributed by atoms with Gasteiger partial charge in [-0.1, -0.05) is 19.8 Å². The van der Waals surface area contributed by atoms with Crippen molar-refractivity contribution >= 4 is 53.4 Å². The largest absolute Gasteiger partial charge is 0.481 e. The Hall–Kier alpha value is -5.41. The Morgan fingerprint density at radius 3 is 1.50 bits per heavy atom. The molecule has 0 bridgehead atoms. The van der Waals surface area contributed by atoms with E-state index in [0.717, 1.165) is 0 Å². The summed E-state index contributed by atoms with van der Waals surface area (Å²) in [6.45, 7) is 5.89. The van der Waals surface area contributed by atoms with Gasteiger partial charge in [-0.05, 0) is 19.3 Å². The van der Waals surface area contributed by atoms with Crippen molar-refractivity contribution in [2.75, 3.05) is 65.9 Å². The summed E-state index contributed by atoms with van der Waals surface area (Å²) < 4.78 is 21.1. The molecule has 0 aliphatic rings. The minimum absolute atomic E-state index is 0.0463. The first-order valence-electron chi connectivity index (χ1n) is 18.2. The summed E-state index contributed by atoms with van der Waals surface area (Å²) in [5, 5.41) is 50.6. The zero-order valence-corrected chi connectivity index (χ0v) is 32.7. The van der Waals surface area contributed by atoms with Crippen LogP contribution in [0.4, 0.5) is 0 Å². The molecule has 23 heteroatoms. The fourth-order valence-electron chi connectivity index (χ4n) is 4.56. The fraction of sp³-hybridized carbons (Fsp3) is 0.686. The number of carbonyl (C=O) groups excluding carboxylic acids is 5. The Balaban J connectivity index is 5.14. The molecule has 5 amide bonds. The average molecular weight is 833 g/mol. The van der Waals surface area contributed by atoms with Gasteiger partial charge in [-0.25, -0.2) is 0 Å². The Morgan fingerprint density at radius 2 is 1.00 bits per heavy atom. The molecule has 0 rings (SSSR count). The molecule has 23 nitrogen and oxygen atoms in total. The molecule has 0 saturated carbocycles. The van der Waals surface area contributed by atoms with E-state index in [1.54, 1.807) is 0 Å². The molecule has 0 spiro atoms. The average Bonchev–Trinajstić information content (AvgIpc) is 3.13. The summed E-state index contributed by atoms with van der Waals surface area (Å²) in [6, 6.07) is -7.32. The Kier molecular flexibility index (Phi) is 27.8. The first-order chi connectivity index (χ1) is 27.4. The molecule has 0 fully saturated rings. The molecule has 10 N–H and O–H groups in total. The molecular formula is C35H56N6O17. The number of ether oxygens (including phenoxy) is 4. The third kappa shape index (κ3) is 25.7. The first-order valence-corrected chi connectivity index (χ1v) is 18.2. The highest BCUT2D eigenvalue weighted by atomic mass is 16.6. The van der Waals surface area contributed by atoms with E-state index in [9.17, 15) is 58.5 Å². The van der Waals surface area contributed by atoms with Gasteiger partial charge in [0.1, 0.15) is 24.2 Å². The number of carbonyl (C=O) groups is 9. The van der Waals surface area contributed by atoms with Crippen molar-refractivity contribution in [3.05, 3.63) is 0 Å². The molecule has 58 heavy (non-hydrogen) atoms. The number of nitrogens with one attached hydrogen (secondary N) is 6. The predicted molar refractivity (Wildman–Crippen MR) is 199 cm³/mol. The Labute approximate surface area is 335 Å². The van der Waals surface area contributed by atoms with Crippen LogP contribution >= 0.6 is 0 Å². The Morgan fingerprint density at radius 1 is 0.534 bits per heavy atom. The van der Waals surface area contributed by atoms with E-state index >= 15 is 0 Å². The number of carboxylic acid groups (broad SMARTS) is 4. The van der Waals surface area contributed by atoms with Crippen LogP contribution in [0.3, 0.4) is 0 Å². The van der Waals surface area contributed by atoms with Crippen molar-refractivity contribution in [3.63, 3.8) is 0 Å². The van der Waals surface area contributed by atoms with Crippen molar-refractivity contribution in [3.8, 4) is 12.3 Å². The van der Waals surface area contributed by atoms with Gasteiger partial charge in [-0.3, -0.25) is 48.5 Å². The van der Waals surface area contributed by atoms with E-state index in [4.69, 9.17) is 30.5 Å². The van der Waals surface area contributed by atoms with Gasteiger partial charge in [0.05, 0.1) is 84.7 Å². The zero-order chi connectivity index (χ0) is 44.0. The second-order valence-corrected chi connectivity index (χ2v) is 12.7. The van der Waals surface area contributed by atoms with Crippen molar-refractivity contribution < 1.29 is 82.5 Å². The van der Waals surface area contributed by atoms with E-state index in [-0.39, 0.29) is 72.4 Å². The van der Waals surface area contributed by atoms with Crippen molar-refractivity contribution in [2.24, 2.45) is 5.92 Å². The summed E-state index contributed by atoms with van der Waals surface area (Å²) in [4.78, 5) is 110. The summed E-state index contributed by atoms with van der Waals surface area (Å²) in [6.07, 6.45) is 2.37. The summed E-state index contributed by atoms with van der Waals surface area (Å²) in [7, 11) is 0. The molecule has 328 valence electrons. The second kappa shape index (κ2) is 30.7. The second-order valence-electron chi connectivity index (χ2n) is 12.7. The minimum atomic E-state index is -1.72. The van der Waals surface area contributed by atoms with Crippen LogP contribution in [0, 0.1) is 18.3 Å². The summed E-state index contributed by atoms with van der Waals surface area (Å²) in [5.74, 6) is -8.38. The third-order valence-corrected chi connectivity index (χ3v) is 7.56. The molecule has 0 unspecified atom stereocenters. The standard InChI is InChI=1S/C35H56N6O17/c1-5-9-36-24(19-28(46)47)33(52)39-23(6-7-26(42)43)32(51)41-30(21(2)3)35(54)40-25(20-29(48)49)34(53)38-22(4)31(50)37-10-12-56-14-16-58-18-17-57-15-13-55-11-8-27(44)45/h1,21-25,30,36H,6-20H2,2-4H3,(H,37,50)(H,38,53)(H,39,52)(H,40,54)(H,41,51)(H,42,43)(H,44,45)(H,46,47)(H,48,49)/t22-,23-,24-,25-,30-/m0/s1. The molecule has 0 aliphatic carbocycles. The van der Waals surface area contributed by atoms with Crippen LogP contribution in [0.2, 0.25) is 0 Å². The highest BCUT2D eigenvalue weighted by molar-refractivity contribution is 5.97. The van der Waals surface area contributed by atoms with Crippen LogP contribution < -0.4 is 31.9 Å². The number of hydrogen-bond donors (Lipinski definition) is 10. The normalized spacial score (nSPS) is 13.4. The highest BCUT2D eigenvalue weighted by Gasteiger charge is 2.34. The van der Waals surface area contributed by atoms with E-state index in [1.807, 2.05) is 0 Å². The van der Waals surface area contributed by atoms with Crippen molar-refractivity contribution in [1.82, 2.24) is 31.9 Å². The topological polar surface area (TPSA) is 344 Å². The lowest BCUT2D eigenvalue weighted by Crippen LogP contribution is -2.60. The maximum absolute atomic E-state index is 13.4. The van der Waals surface area contributed by atoms with E-state index < -0.39 is 115 Å². The lowest BCUT2D eigenvalue weighted by atomic mass is 10.0. The summed E-state index contributed by atoms with van der Waals surface area (Å²) in [5.41, 5.74) is 0. The van der Waals surface area contributed by atoms with Gasteiger partial charge in [0.15, 0.2) is 0 Å². The molecule has 5 atom stereocenters. The van der Waals surface area contributed by atoms with Gasteiger partial charge in [-0.2, -0.15) is 0 Å². The Bertz CT molecular complexity index is 1410. The van der Waals surface area contributed by atoms with Crippen molar-refractivity contribution in [2.45, 2.75) is 83.1 Å². The van der Waals surface area contributed by atoms with Crippen LogP contribution in [0.15, 0.2) is 0 Å². The molecular weight excluding hydrogens is 776 g/mol. The van der Waals surface area contributed by atoms with Gasteiger partial charge >= 0.3 is 23.9 Å². The van der Waals surface area contributed by atoms with Gasteiger partial charge in [0.25, 0.3) is 0 Å². The van der Waals surface area contributed by atoms with Gasteiger partial charge in [0, 0.05) is 13.0 Å². The van der Waals surface area contributed by atoms with Crippen molar-refractivity contribution in [1.29, 1.82) is 0 Å². The molecule has 0 saturated heterocycles. The molecule has 0 aliphatic heterocycles.